The summed E-state index contributed by atoms with van der Waals surface area (Å²) in [5.41, 5.74) is -1.51. The van der Waals surface area contributed by atoms with Crippen molar-refractivity contribution < 1.29 is 40.6 Å². The number of carbonyl (C=O) groups is 1. The Morgan fingerprint density at radius 3 is 2.64 bits per heavy atom. The van der Waals surface area contributed by atoms with E-state index in [-0.39, 0.29) is 18.8 Å². The van der Waals surface area contributed by atoms with Crippen molar-refractivity contribution in [2.24, 2.45) is 0 Å². The minimum Gasteiger partial charge on any atom is -0.427 e. The number of piperazine rings is 1. The lowest BCUT2D eigenvalue weighted by Gasteiger charge is -2.46. The Hall–Kier alpha value is -1.63. The number of hydrogen-bond donors (Lipinski definition) is 1. The summed E-state index contributed by atoms with van der Waals surface area (Å²) in [7, 11) is 0. The summed E-state index contributed by atoms with van der Waals surface area (Å²) in [6, 6.07) is 1.45. The molecule has 0 spiro atoms. The smallest absolute Gasteiger partial charge is 0.427 e. The van der Waals surface area contributed by atoms with Crippen LogP contribution in [0.25, 0.3) is 0 Å². The van der Waals surface area contributed by atoms with Crippen molar-refractivity contribution >= 4 is 17.6 Å². The summed E-state index contributed by atoms with van der Waals surface area (Å²) in [4.78, 5) is 16.4. The molecule has 0 aliphatic carbocycles. The number of nitrogens with zero attached hydrogens (tertiary/aromatic N) is 2. The van der Waals surface area contributed by atoms with Crippen LogP contribution in [-0.2, 0) is 20.4 Å². The molecule has 0 saturated carbocycles. The minimum atomic E-state index is -5.23. The van der Waals surface area contributed by atoms with Gasteiger partial charge < -0.3 is 14.8 Å². The first-order valence-electron chi connectivity index (χ1n) is 8.08. The van der Waals surface area contributed by atoms with Crippen LogP contribution in [0.1, 0.15) is 17.5 Å². The quantitative estimate of drug-likeness (QED) is 0.571. The standard InChI is InChI=1S/C15H14ClF6N3O3/c16-7-1-2-8(24-11(7)14(17,18)19)10-6-25-4-3-23-5-9(25)12(27-10)28-13(26)15(20,21)22/h1-2,9-10,12,23H,3-6H2/t9-,10-,12?/m0/s1. The van der Waals surface area contributed by atoms with Gasteiger partial charge in [-0.15, -0.1) is 0 Å². The number of esters is 1. The lowest BCUT2D eigenvalue weighted by atomic mass is 10.1. The molecule has 28 heavy (non-hydrogen) atoms. The molecule has 0 amide bonds. The largest absolute Gasteiger partial charge is 0.491 e. The van der Waals surface area contributed by atoms with Crippen molar-refractivity contribution in [3.63, 3.8) is 0 Å². The lowest BCUT2D eigenvalue weighted by molar-refractivity contribution is -0.261. The molecular weight excluding hydrogens is 420 g/mol. The monoisotopic (exact) mass is 433 g/mol. The van der Waals surface area contributed by atoms with Gasteiger partial charge in [0.05, 0.1) is 16.8 Å². The van der Waals surface area contributed by atoms with Gasteiger partial charge in [0.2, 0.25) is 6.29 Å². The number of alkyl halides is 6. The number of fused-ring (bicyclic) bond motifs is 1. The fraction of sp³-hybridized carbons (Fsp3) is 0.600. The zero-order chi connectivity index (χ0) is 20.7. The molecule has 3 heterocycles. The Morgan fingerprint density at radius 1 is 1.29 bits per heavy atom. The molecule has 2 fully saturated rings. The molecule has 156 valence electrons. The Kier molecular flexibility index (Phi) is 5.76. The number of pyridine rings is 1. The van der Waals surface area contributed by atoms with Gasteiger partial charge >= 0.3 is 18.3 Å². The second-order valence-corrected chi connectivity index (χ2v) is 6.63. The van der Waals surface area contributed by atoms with Crippen molar-refractivity contribution in [3.8, 4) is 0 Å². The molecule has 1 aromatic heterocycles. The van der Waals surface area contributed by atoms with Crippen LogP contribution in [0.15, 0.2) is 12.1 Å². The molecule has 3 rings (SSSR count). The predicted molar refractivity (Wildman–Crippen MR) is 82.2 cm³/mol. The zero-order valence-electron chi connectivity index (χ0n) is 14.0. The molecule has 13 heteroatoms. The maximum absolute atomic E-state index is 13.0. The minimum absolute atomic E-state index is 0.0678. The Bertz CT molecular complexity index is 745. The molecular formula is C15H14ClF6N3O3. The topological polar surface area (TPSA) is 63.7 Å². The number of halogens is 7. The third-order valence-electron chi connectivity index (χ3n) is 4.33. The highest BCUT2D eigenvalue weighted by Crippen LogP contribution is 2.36. The summed E-state index contributed by atoms with van der Waals surface area (Å²) in [6.45, 7) is 1.14. The van der Waals surface area contributed by atoms with E-state index in [0.29, 0.717) is 13.1 Å². The van der Waals surface area contributed by atoms with E-state index < -0.39 is 47.5 Å². The molecule has 0 bridgehead atoms. The Morgan fingerprint density at radius 2 is 2.00 bits per heavy atom. The molecule has 6 nitrogen and oxygen atoms in total. The van der Waals surface area contributed by atoms with E-state index in [2.05, 4.69) is 15.0 Å². The number of aromatic nitrogens is 1. The van der Waals surface area contributed by atoms with Gasteiger partial charge in [0.15, 0.2) is 5.69 Å². The van der Waals surface area contributed by atoms with Gasteiger partial charge in [0.1, 0.15) is 6.10 Å². The molecule has 2 aliphatic heterocycles. The Balaban J connectivity index is 1.87. The molecule has 2 aliphatic rings. The van der Waals surface area contributed by atoms with Crippen molar-refractivity contribution in [1.29, 1.82) is 0 Å². The number of nitrogens with one attached hydrogen (secondary N) is 1. The fourth-order valence-corrected chi connectivity index (χ4v) is 3.26. The summed E-state index contributed by atoms with van der Waals surface area (Å²) in [5, 5.41) is 2.32. The van der Waals surface area contributed by atoms with Gasteiger partial charge in [0.25, 0.3) is 0 Å². The fourth-order valence-electron chi connectivity index (χ4n) is 3.05. The van der Waals surface area contributed by atoms with E-state index in [1.807, 2.05) is 0 Å². The van der Waals surface area contributed by atoms with Crippen LogP contribution < -0.4 is 5.32 Å². The SMILES string of the molecule is O=C(OC1O[C@H](c2ccc(Cl)c(C(F)(F)F)n2)CN2CCNC[C@@H]12)C(F)(F)F. The summed E-state index contributed by atoms with van der Waals surface area (Å²) < 4.78 is 86.7. The van der Waals surface area contributed by atoms with Gasteiger partial charge in [-0.2, -0.15) is 26.3 Å². The lowest BCUT2D eigenvalue weighted by Crippen LogP contribution is -2.62. The first kappa shape index (κ1) is 21.1. The molecule has 1 aromatic rings. The normalized spacial score (nSPS) is 26.6. The number of rotatable bonds is 2. The second kappa shape index (κ2) is 7.65. The summed E-state index contributed by atoms with van der Waals surface area (Å²) >= 11 is 5.54. The van der Waals surface area contributed by atoms with Crippen molar-refractivity contribution in [1.82, 2.24) is 15.2 Å². The number of hydrogen-bond acceptors (Lipinski definition) is 6. The molecule has 1 N–H and O–H groups in total. The third kappa shape index (κ3) is 4.50. The van der Waals surface area contributed by atoms with E-state index >= 15 is 0 Å². The van der Waals surface area contributed by atoms with E-state index in [4.69, 9.17) is 16.3 Å². The van der Waals surface area contributed by atoms with Crippen LogP contribution in [0.4, 0.5) is 26.3 Å². The first-order valence-corrected chi connectivity index (χ1v) is 8.46. The average Bonchev–Trinajstić information content (AvgIpc) is 2.60. The average molecular weight is 434 g/mol. The van der Waals surface area contributed by atoms with Crippen molar-refractivity contribution in [2.75, 3.05) is 26.2 Å². The van der Waals surface area contributed by atoms with Crippen LogP contribution in [0.3, 0.4) is 0 Å². The molecule has 0 aromatic carbocycles. The van der Waals surface area contributed by atoms with E-state index in [0.717, 1.165) is 6.07 Å². The van der Waals surface area contributed by atoms with Crippen molar-refractivity contribution in [2.45, 2.75) is 30.8 Å². The highest BCUT2D eigenvalue weighted by molar-refractivity contribution is 6.31. The molecule has 2 saturated heterocycles. The van der Waals surface area contributed by atoms with Gasteiger partial charge in [-0.05, 0) is 12.1 Å². The molecule has 0 radical (unpaired) electrons. The van der Waals surface area contributed by atoms with Gasteiger partial charge in [-0.3, -0.25) is 4.90 Å². The number of morpholine rings is 1. The van der Waals surface area contributed by atoms with Crippen LogP contribution in [0, 0.1) is 0 Å². The predicted octanol–water partition coefficient (Wildman–Crippen LogP) is 2.53. The third-order valence-corrected chi connectivity index (χ3v) is 4.64. The first-order chi connectivity index (χ1) is 13.0. The molecule has 3 atom stereocenters. The second-order valence-electron chi connectivity index (χ2n) is 6.23. The number of ether oxygens (including phenoxy) is 2. The van der Waals surface area contributed by atoms with Crippen LogP contribution in [-0.4, -0.2) is 60.5 Å². The van der Waals surface area contributed by atoms with Gasteiger partial charge in [-0.25, -0.2) is 9.78 Å². The Labute approximate surface area is 159 Å². The summed E-state index contributed by atoms with van der Waals surface area (Å²) in [6.07, 6.45) is -12.8. The highest BCUT2D eigenvalue weighted by atomic mass is 35.5. The highest BCUT2D eigenvalue weighted by Gasteiger charge is 2.47. The van der Waals surface area contributed by atoms with E-state index in [1.54, 1.807) is 4.90 Å². The van der Waals surface area contributed by atoms with Crippen LogP contribution in [0.5, 0.6) is 0 Å². The van der Waals surface area contributed by atoms with E-state index in [9.17, 15) is 31.1 Å². The number of carbonyl (C=O) groups excluding carboxylic acids is 1. The van der Waals surface area contributed by atoms with Gasteiger partial charge in [0, 0.05) is 26.2 Å². The van der Waals surface area contributed by atoms with Gasteiger partial charge in [-0.1, -0.05) is 11.6 Å². The maximum atomic E-state index is 13.0. The molecule has 1 unspecified atom stereocenters. The van der Waals surface area contributed by atoms with Crippen LogP contribution >= 0.6 is 11.6 Å². The van der Waals surface area contributed by atoms with E-state index in [1.165, 1.54) is 6.07 Å². The summed E-state index contributed by atoms with van der Waals surface area (Å²) in [5.74, 6) is -2.44. The van der Waals surface area contributed by atoms with Crippen LogP contribution in [0.2, 0.25) is 5.02 Å². The zero-order valence-corrected chi connectivity index (χ0v) is 14.7. The van der Waals surface area contributed by atoms with Crippen molar-refractivity contribution in [3.05, 3.63) is 28.5 Å². The maximum Gasteiger partial charge on any atom is 0.491 e.